The van der Waals surface area contributed by atoms with Crippen LogP contribution in [0.5, 0.6) is 0 Å². The van der Waals surface area contributed by atoms with Crippen molar-refractivity contribution in [1.82, 2.24) is 0 Å². The van der Waals surface area contributed by atoms with E-state index < -0.39 is 6.16 Å². The van der Waals surface area contributed by atoms with Crippen LogP contribution in [-0.4, -0.2) is 12.1 Å². The molecule has 8 heteroatoms. The maximum absolute atomic E-state index is 9.49. The van der Waals surface area contributed by atoms with Crippen LogP contribution in [0, 0.1) is 5.41 Å². The van der Waals surface area contributed by atoms with Gasteiger partial charge in [-0.2, -0.15) is 16.6 Å². The van der Waals surface area contributed by atoms with Crippen LogP contribution < -0.4 is 23.3 Å². The number of nitrogens with two attached hydrogens (primary N) is 4. The highest BCUT2D eigenvalue weighted by Crippen LogP contribution is 1.65. The monoisotopic (exact) mass is 151 g/mol. The zero-order chi connectivity index (χ0) is 8.57. The van der Waals surface area contributed by atoms with Crippen molar-refractivity contribution in [3.63, 3.8) is 0 Å². The molecular formula is C2H9N5O3. The first-order chi connectivity index (χ1) is 4.54. The Morgan fingerprint density at radius 2 is 1.40 bits per heavy atom. The standard InChI is InChI=1S/CH5N3.CH4N2O3/c2-1(3)4;2-5-1(4)6-3/h(H5,2,3,4);2-3H2. The molecule has 0 aromatic heterocycles. The lowest BCUT2D eigenvalue weighted by atomic mass is 11.1. The van der Waals surface area contributed by atoms with Gasteiger partial charge in [-0.15, -0.1) is 0 Å². The molecule has 0 rings (SSSR count). The highest BCUT2D eigenvalue weighted by Gasteiger charge is 1.91. The molecule has 0 spiro atoms. The van der Waals surface area contributed by atoms with E-state index in [0.717, 1.165) is 0 Å². The van der Waals surface area contributed by atoms with E-state index in [2.05, 4.69) is 32.9 Å². The summed E-state index contributed by atoms with van der Waals surface area (Å²) in [5, 5.41) is 6.06. The SMILES string of the molecule is N=C(N)N.NOC(=O)ON. The third-order valence-electron chi connectivity index (χ3n) is 0.192. The average Bonchev–Trinajstić information content (AvgIpc) is 1.85. The molecule has 0 aliphatic heterocycles. The van der Waals surface area contributed by atoms with Crippen molar-refractivity contribution in [2.75, 3.05) is 0 Å². The van der Waals surface area contributed by atoms with Crippen molar-refractivity contribution in [2.24, 2.45) is 23.3 Å². The Kier molecular flexibility index (Phi) is 8.42. The fourth-order valence-electron chi connectivity index (χ4n) is 0.0278. The molecule has 0 aromatic rings. The second-order valence-electron chi connectivity index (χ2n) is 0.941. The van der Waals surface area contributed by atoms with Gasteiger partial charge in [-0.3, -0.25) is 5.41 Å². The maximum Gasteiger partial charge on any atom is 0.546 e. The normalized spacial score (nSPS) is 6.60. The third-order valence-corrected chi connectivity index (χ3v) is 0.192. The van der Waals surface area contributed by atoms with Crippen LogP contribution in [-0.2, 0) is 9.68 Å². The molecule has 0 aliphatic rings. The van der Waals surface area contributed by atoms with Crippen LogP contribution in [0.2, 0.25) is 0 Å². The Morgan fingerprint density at radius 1 is 1.20 bits per heavy atom. The van der Waals surface area contributed by atoms with Gasteiger partial charge in [0.2, 0.25) is 0 Å². The molecule has 0 fully saturated rings. The summed E-state index contributed by atoms with van der Waals surface area (Å²) in [4.78, 5) is 16.3. The first kappa shape index (κ1) is 11.3. The number of hydrogen-bond acceptors (Lipinski definition) is 6. The maximum atomic E-state index is 9.49. The molecule has 0 atom stereocenters. The van der Waals surface area contributed by atoms with Gasteiger partial charge in [0.15, 0.2) is 5.96 Å². The molecule has 9 N–H and O–H groups in total. The number of nitrogens with one attached hydrogen (secondary N) is 1. The van der Waals surface area contributed by atoms with E-state index in [-0.39, 0.29) is 5.96 Å². The van der Waals surface area contributed by atoms with E-state index in [1.165, 1.54) is 0 Å². The number of rotatable bonds is 0. The quantitative estimate of drug-likeness (QED) is 0.148. The first-order valence-corrected chi connectivity index (χ1v) is 1.91. The minimum absolute atomic E-state index is 0.333. The van der Waals surface area contributed by atoms with Gasteiger partial charge in [0, 0.05) is 0 Å². The fraction of sp³-hybridized carbons (Fsp3) is 0. The van der Waals surface area contributed by atoms with Crippen molar-refractivity contribution in [3.8, 4) is 0 Å². The Labute approximate surface area is 56.5 Å². The highest BCUT2D eigenvalue weighted by molar-refractivity contribution is 5.71. The van der Waals surface area contributed by atoms with Crippen LogP contribution in [0.1, 0.15) is 0 Å². The largest absolute Gasteiger partial charge is 0.546 e. The zero-order valence-corrected chi connectivity index (χ0v) is 5.03. The molecule has 10 heavy (non-hydrogen) atoms. The predicted molar refractivity (Wildman–Crippen MR) is 32.0 cm³/mol. The van der Waals surface area contributed by atoms with Crippen LogP contribution in [0.25, 0.3) is 0 Å². The molecule has 60 valence electrons. The van der Waals surface area contributed by atoms with Gasteiger partial charge in [-0.25, -0.2) is 0 Å². The lowest BCUT2D eigenvalue weighted by molar-refractivity contribution is 0.0551. The summed E-state index contributed by atoms with van der Waals surface area (Å²) in [6.07, 6.45) is -1.10. The Morgan fingerprint density at radius 3 is 1.40 bits per heavy atom. The van der Waals surface area contributed by atoms with Gasteiger partial charge in [-0.05, 0) is 0 Å². The van der Waals surface area contributed by atoms with E-state index in [4.69, 9.17) is 5.41 Å². The number of guanidine groups is 1. The Balaban J connectivity index is 0. The second kappa shape index (κ2) is 7.46. The molecule has 8 nitrogen and oxygen atoms in total. The average molecular weight is 151 g/mol. The van der Waals surface area contributed by atoms with E-state index >= 15 is 0 Å². The minimum Gasteiger partial charge on any atom is -0.370 e. The number of hydrogen-bond donors (Lipinski definition) is 5. The fourth-order valence-corrected chi connectivity index (χ4v) is 0.0278. The van der Waals surface area contributed by atoms with Crippen molar-refractivity contribution in [1.29, 1.82) is 5.41 Å². The van der Waals surface area contributed by atoms with Crippen LogP contribution in [0.3, 0.4) is 0 Å². The van der Waals surface area contributed by atoms with Crippen molar-refractivity contribution >= 4 is 12.1 Å². The topological polar surface area (TPSA) is 163 Å². The number of carbonyl (C=O) groups is 1. The Bertz CT molecular complexity index is 103. The lowest BCUT2D eigenvalue weighted by Gasteiger charge is -1.87. The molecular weight excluding hydrogens is 142 g/mol. The van der Waals surface area contributed by atoms with Gasteiger partial charge in [-0.1, -0.05) is 0 Å². The zero-order valence-electron chi connectivity index (χ0n) is 5.03. The Hall–Kier alpha value is -1.54. The van der Waals surface area contributed by atoms with Gasteiger partial charge >= 0.3 is 6.16 Å². The molecule has 0 unspecified atom stereocenters. The van der Waals surface area contributed by atoms with Crippen molar-refractivity contribution < 1.29 is 14.5 Å². The molecule has 0 heterocycles. The van der Waals surface area contributed by atoms with Crippen molar-refractivity contribution in [3.05, 3.63) is 0 Å². The molecule has 0 saturated heterocycles. The summed E-state index contributed by atoms with van der Waals surface area (Å²) in [5.41, 5.74) is 8.94. The lowest BCUT2D eigenvalue weighted by Crippen LogP contribution is -2.20. The summed E-state index contributed by atoms with van der Waals surface area (Å²) in [6, 6.07) is 0. The van der Waals surface area contributed by atoms with E-state index in [1.54, 1.807) is 0 Å². The molecule has 0 bridgehead atoms. The summed E-state index contributed by atoms with van der Waals surface area (Å²) < 4.78 is 0. The third kappa shape index (κ3) is 31.8. The van der Waals surface area contributed by atoms with Crippen molar-refractivity contribution in [2.45, 2.75) is 0 Å². The molecule has 0 radical (unpaired) electrons. The van der Waals surface area contributed by atoms with Crippen LogP contribution in [0.4, 0.5) is 4.79 Å². The van der Waals surface area contributed by atoms with Gasteiger partial charge in [0.05, 0.1) is 0 Å². The first-order valence-electron chi connectivity index (χ1n) is 1.91. The molecule has 0 aliphatic carbocycles. The molecule has 0 amide bonds. The smallest absolute Gasteiger partial charge is 0.370 e. The van der Waals surface area contributed by atoms with E-state index in [9.17, 15) is 4.79 Å². The summed E-state index contributed by atoms with van der Waals surface area (Å²) in [6.45, 7) is 0. The minimum atomic E-state index is -1.10. The second-order valence-corrected chi connectivity index (χ2v) is 0.941. The summed E-state index contributed by atoms with van der Waals surface area (Å²) in [5.74, 6) is 8.12. The molecule has 0 saturated carbocycles. The summed E-state index contributed by atoms with van der Waals surface area (Å²) in [7, 11) is 0. The van der Waals surface area contributed by atoms with E-state index in [1.807, 2.05) is 0 Å². The van der Waals surface area contributed by atoms with Gasteiger partial charge in [0.1, 0.15) is 0 Å². The van der Waals surface area contributed by atoms with Crippen LogP contribution >= 0.6 is 0 Å². The van der Waals surface area contributed by atoms with Gasteiger partial charge < -0.3 is 21.1 Å². The summed E-state index contributed by atoms with van der Waals surface area (Å²) >= 11 is 0. The molecule has 0 aromatic carbocycles. The number of carbonyl (C=O) groups excluding carboxylic acids is 1. The predicted octanol–water partition coefficient (Wildman–Crippen LogP) is -2.27. The highest BCUT2D eigenvalue weighted by atomic mass is 16.8. The van der Waals surface area contributed by atoms with Gasteiger partial charge in [0.25, 0.3) is 0 Å². The van der Waals surface area contributed by atoms with Crippen LogP contribution in [0.15, 0.2) is 0 Å². The van der Waals surface area contributed by atoms with E-state index in [0.29, 0.717) is 0 Å².